The molecule has 0 radical (unpaired) electrons. The second-order valence-electron chi connectivity index (χ2n) is 4.21. The Balaban J connectivity index is 2.13. The SMILES string of the molecule is CCOc1ccc(S(=O)(=O)Nc2cn(CC(=O)O)nn2)cc1. The standard InChI is InChI=1S/C12H14N4O5S/c1-2-21-9-3-5-10(6-4-9)22(19,20)14-11-7-16(15-13-11)8-12(17)18/h3-7,14H,2,8H2,1H3,(H,17,18). The van der Waals surface area contributed by atoms with Crippen molar-refractivity contribution in [1.29, 1.82) is 0 Å². The Morgan fingerprint density at radius 1 is 1.36 bits per heavy atom. The van der Waals surface area contributed by atoms with Gasteiger partial charge in [0, 0.05) is 0 Å². The molecule has 0 fully saturated rings. The highest BCUT2D eigenvalue weighted by Gasteiger charge is 2.16. The van der Waals surface area contributed by atoms with Gasteiger partial charge in [-0.1, -0.05) is 5.21 Å². The van der Waals surface area contributed by atoms with Crippen LogP contribution in [-0.2, 0) is 21.4 Å². The Morgan fingerprint density at radius 2 is 2.05 bits per heavy atom. The van der Waals surface area contributed by atoms with Crippen molar-refractivity contribution in [3.8, 4) is 5.75 Å². The van der Waals surface area contributed by atoms with Gasteiger partial charge in [0.15, 0.2) is 5.82 Å². The summed E-state index contributed by atoms with van der Waals surface area (Å²) < 4.78 is 32.8. The molecule has 0 amide bonds. The predicted molar refractivity (Wildman–Crippen MR) is 76.1 cm³/mol. The molecular weight excluding hydrogens is 312 g/mol. The van der Waals surface area contributed by atoms with Gasteiger partial charge in [0.05, 0.1) is 17.7 Å². The van der Waals surface area contributed by atoms with Gasteiger partial charge in [0.1, 0.15) is 12.3 Å². The third-order valence-electron chi connectivity index (χ3n) is 2.52. The molecule has 0 saturated carbocycles. The normalized spacial score (nSPS) is 11.1. The molecule has 0 aliphatic heterocycles. The second-order valence-corrected chi connectivity index (χ2v) is 5.89. The summed E-state index contributed by atoms with van der Waals surface area (Å²) >= 11 is 0. The lowest BCUT2D eigenvalue weighted by molar-refractivity contribution is -0.137. The van der Waals surface area contributed by atoms with Gasteiger partial charge in [-0.05, 0) is 31.2 Å². The number of anilines is 1. The first-order valence-electron chi connectivity index (χ1n) is 6.28. The minimum Gasteiger partial charge on any atom is -0.494 e. The minimum atomic E-state index is -3.83. The van der Waals surface area contributed by atoms with E-state index >= 15 is 0 Å². The molecule has 0 bridgehead atoms. The summed E-state index contributed by atoms with van der Waals surface area (Å²) in [5.74, 6) is -0.602. The van der Waals surface area contributed by atoms with Crippen molar-refractivity contribution in [2.45, 2.75) is 18.4 Å². The highest BCUT2D eigenvalue weighted by Crippen LogP contribution is 2.18. The van der Waals surface area contributed by atoms with Crippen LogP contribution in [0.5, 0.6) is 5.75 Å². The zero-order valence-electron chi connectivity index (χ0n) is 11.6. The fraction of sp³-hybridized carbons (Fsp3) is 0.250. The Hall–Kier alpha value is -2.62. The van der Waals surface area contributed by atoms with Gasteiger partial charge in [-0.2, -0.15) is 0 Å². The van der Waals surface area contributed by atoms with Gasteiger partial charge in [-0.15, -0.1) is 5.10 Å². The summed E-state index contributed by atoms with van der Waals surface area (Å²) in [5.41, 5.74) is 0. The number of nitrogens with one attached hydrogen (secondary N) is 1. The summed E-state index contributed by atoms with van der Waals surface area (Å²) in [5, 5.41) is 15.7. The highest BCUT2D eigenvalue weighted by atomic mass is 32.2. The lowest BCUT2D eigenvalue weighted by atomic mass is 10.3. The Bertz CT molecular complexity index is 754. The van der Waals surface area contributed by atoms with Crippen LogP contribution in [0.2, 0.25) is 0 Å². The molecular formula is C12H14N4O5S. The minimum absolute atomic E-state index is 0.0312. The van der Waals surface area contributed by atoms with Crippen LogP contribution >= 0.6 is 0 Å². The Labute approximate surface area is 126 Å². The van der Waals surface area contributed by atoms with Crippen molar-refractivity contribution >= 4 is 21.8 Å². The van der Waals surface area contributed by atoms with E-state index in [1.54, 1.807) is 12.1 Å². The van der Waals surface area contributed by atoms with E-state index in [9.17, 15) is 13.2 Å². The quantitative estimate of drug-likeness (QED) is 0.762. The second kappa shape index (κ2) is 6.43. The van der Waals surface area contributed by atoms with E-state index in [2.05, 4.69) is 15.0 Å². The summed E-state index contributed by atoms with van der Waals surface area (Å²) in [6, 6.07) is 5.88. The number of rotatable bonds is 7. The average molecular weight is 326 g/mol. The van der Waals surface area contributed by atoms with E-state index < -0.39 is 22.5 Å². The average Bonchev–Trinajstić information content (AvgIpc) is 2.85. The molecule has 0 aliphatic rings. The molecule has 9 nitrogen and oxygen atoms in total. The Morgan fingerprint density at radius 3 is 2.64 bits per heavy atom. The first kappa shape index (κ1) is 15.8. The summed E-state index contributed by atoms with van der Waals surface area (Å²) in [7, 11) is -3.83. The molecule has 0 spiro atoms. The van der Waals surface area contributed by atoms with Crippen LogP contribution in [0.1, 0.15) is 6.92 Å². The van der Waals surface area contributed by atoms with Crippen molar-refractivity contribution in [1.82, 2.24) is 15.0 Å². The van der Waals surface area contributed by atoms with Crippen LogP contribution in [0.25, 0.3) is 0 Å². The Kier molecular flexibility index (Phi) is 4.61. The molecule has 0 atom stereocenters. The van der Waals surface area contributed by atoms with Crippen LogP contribution < -0.4 is 9.46 Å². The predicted octanol–water partition coefficient (Wildman–Crippen LogP) is 0.562. The van der Waals surface area contributed by atoms with E-state index in [0.717, 1.165) is 4.68 Å². The molecule has 2 N–H and O–H groups in total. The molecule has 2 rings (SSSR count). The molecule has 0 saturated heterocycles. The number of hydrogen-bond acceptors (Lipinski definition) is 6. The number of ether oxygens (including phenoxy) is 1. The number of sulfonamides is 1. The number of benzene rings is 1. The van der Waals surface area contributed by atoms with Crippen LogP contribution in [0.4, 0.5) is 5.82 Å². The summed E-state index contributed by atoms with van der Waals surface area (Å²) in [6.45, 7) is 1.90. The van der Waals surface area contributed by atoms with Gasteiger partial charge in [0.25, 0.3) is 10.0 Å². The number of aliphatic carboxylic acids is 1. The van der Waals surface area contributed by atoms with E-state index in [0.29, 0.717) is 12.4 Å². The number of carbonyl (C=O) groups is 1. The number of aromatic nitrogens is 3. The maximum Gasteiger partial charge on any atom is 0.325 e. The maximum absolute atomic E-state index is 12.2. The van der Waals surface area contributed by atoms with E-state index in [4.69, 9.17) is 9.84 Å². The molecule has 0 aliphatic carbocycles. The smallest absolute Gasteiger partial charge is 0.325 e. The number of carboxylic acids is 1. The van der Waals surface area contributed by atoms with Crippen molar-refractivity contribution < 1.29 is 23.1 Å². The monoisotopic (exact) mass is 326 g/mol. The third kappa shape index (κ3) is 3.95. The zero-order valence-corrected chi connectivity index (χ0v) is 12.4. The molecule has 22 heavy (non-hydrogen) atoms. The molecule has 2 aromatic rings. The number of carboxylic acid groups (broad SMARTS) is 1. The van der Waals surface area contributed by atoms with Crippen LogP contribution in [0.3, 0.4) is 0 Å². The van der Waals surface area contributed by atoms with Crippen molar-refractivity contribution in [3.05, 3.63) is 30.5 Å². The molecule has 0 unspecified atom stereocenters. The fourth-order valence-electron chi connectivity index (χ4n) is 1.64. The largest absolute Gasteiger partial charge is 0.494 e. The third-order valence-corrected chi connectivity index (χ3v) is 3.89. The van der Waals surface area contributed by atoms with Gasteiger partial charge in [-0.3, -0.25) is 9.52 Å². The van der Waals surface area contributed by atoms with E-state index in [-0.39, 0.29) is 10.7 Å². The van der Waals surface area contributed by atoms with Gasteiger partial charge in [-0.25, -0.2) is 13.1 Å². The lowest BCUT2D eigenvalue weighted by Crippen LogP contribution is -2.13. The van der Waals surface area contributed by atoms with Crippen LogP contribution in [-0.4, -0.2) is 41.1 Å². The lowest BCUT2D eigenvalue weighted by Gasteiger charge is -2.06. The number of hydrogen-bond donors (Lipinski definition) is 2. The van der Waals surface area contributed by atoms with E-state index in [1.165, 1.54) is 18.3 Å². The molecule has 1 aromatic heterocycles. The summed E-state index contributed by atoms with van der Waals surface area (Å²) in [4.78, 5) is 10.6. The van der Waals surface area contributed by atoms with Crippen LogP contribution in [0, 0.1) is 0 Å². The molecule has 1 aromatic carbocycles. The van der Waals surface area contributed by atoms with Gasteiger partial charge < -0.3 is 9.84 Å². The van der Waals surface area contributed by atoms with Gasteiger partial charge >= 0.3 is 5.97 Å². The molecule has 118 valence electrons. The maximum atomic E-state index is 12.2. The highest BCUT2D eigenvalue weighted by molar-refractivity contribution is 7.92. The van der Waals surface area contributed by atoms with Gasteiger partial charge in [0.2, 0.25) is 0 Å². The fourth-order valence-corrected chi connectivity index (χ4v) is 2.62. The van der Waals surface area contributed by atoms with Crippen molar-refractivity contribution in [2.75, 3.05) is 11.3 Å². The number of nitrogens with zero attached hydrogens (tertiary/aromatic N) is 3. The van der Waals surface area contributed by atoms with Crippen molar-refractivity contribution in [2.24, 2.45) is 0 Å². The molecule has 1 heterocycles. The zero-order chi connectivity index (χ0) is 16.2. The summed E-state index contributed by atoms with van der Waals surface area (Å²) in [6.07, 6.45) is 1.19. The van der Waals surface area contributed by atoms with Crippen molar-refractivity contribution in [3.63, 3.8) is 0 Å². The molecule has 10 heteroatoms. The topological polar surface area (TPSA) is 123 Å². The first-order valence-corrected chi connectivity index (χ1v) is 7.76. The first-order chi connectivity index (χ1) is 10.4. The van der Waals surface area contributed by atoms with Crippen LogP contribution in [0.15, 0.2) is 35.4 Å². The van der Waals surface area contributed by atoms with E-state index in [1.807, 2.05) is 6.92 Å².